The van der Waals surface area contributed by atoms with Gasteiger partial charge in [-0.25, -0.2) is 0 Å². The summed E-state index contributed by atoms with van der Waals surface area (Å²) in [6.07, 6.45) is 5.17. The average molecular weight is 288 g/mol. The van der Waals surface area contributed by atoms with Gasteiger partial charge in [0.1, 0.15) is 0 Å². The first-order chi connectivity index (χ1) is 10.2. The molecule has 1 N–H and O–H groups in total. The fourth-order valence-corrected chi connectivity index (χ4v) is 2.91. The third-order valence-corrected chi connectivity index (χ3v) is 4.45. The highest BCUT2D eigenvalue weighted by Crippen LogP contribution is 2.32. The van der Waals surface area contributed by atoms with E-state index in [9.17, 15) is 0 Å². The summed E-state index contributed by atoms with van der Waals surface area (Å²) in [6.45, 7) is 11.4. The summed E-state index contributed by atoms with van der Waals surface area (Å²) in [4.78, 5) is 2.56. The fourth-order valence-electron chi connectivity index (χ4n) is 2.91. The Labute approximate surface area is 130 Å². The van der Waals surface area contributed by atoms with Crippen LogP contribution < -0.4 is 10.2 Å². The van der Waals surface area contributed by atoms with Crippen molar-refractivity contribution in [2.24, 2.45) is 5.92 Å². The van der Waals surface area contributed by atoms with Gasteiger partial charge in [0.05, 0.1) is 0 Å². The van der Waals surface area contributed by atoms with Crippen molar-refractivity contribution in [3.63, 3.8) is 0 Å². The van der Waals surface area contributed by atoms with Crippen LogP contribution in [0.2, 0.25) is 0 Å². The summed E-state index contributed by atoms with van der Waals surface area (Å²) >= 11 is 0. The van der Waals surface area contributed by atoms with Gasteiger partial charge in [0, 0.05) is 24.3 Å². The van der Waals surface area contributed by atoms with Crippen LogP contribution in [-0.2, 0) is 0 Å². The third kappa shape index (κ3) is 4.74. The quantitative estimate of drug-likeness (QED) is 0.704. The van der Waals surface area contributed by atoms with E-state index >= 15 is 0 Å². The molecule has 1 unspecified atom stereocenters. The van der Waals surface area contributed by atoms with Gasteiger partial charge < -0.3 is 10.2 Å². The standard InChI is InChI=1S/C19H32N2/c1-5-13-20-19(6-2)17-9-11-18(12-10-17)21(15(3)4)14-16-7-8-16/h9-12,15-16,19-20H,5-8,13-14H2,1-4H3. The molecule has 2 heteroatoms. The minimum absolute atomic E-state index is 0.495. The molecule has 118 valence electrons. The molecule has 1 aromatic carbocycles. The van der Waals surface area contributed by atoms with Gasteiger partial charge in [0.25, 0.3) is 0 Å². The molecule has 0 aromatic heterocycles. The highest BCUT2D eigenvalue weighted by Gasteiger charge is 2.25. The second kappa shape index (κ2) is 7.84. The van der Waals surface area contributed by atoms with Crippen LogP contribution in [0.3, 0.4) is 0 Å². The molecule has 1 atom stereocenters. The molecule has 1 aliphatic carbocycles. The Bertz CT molecular complexity index is 406. The van der Waals surface area contributed by atoms with Crippen LogP contribution in [0.5, 0.6) is 0 Å². The Morgan fingerprint density at radius 3 is 2.29 bits per heavy atom. The number of nitrogens with one attached hydrogen (secondary N) is 1. The van der Waals surface area contributed by atoms with E-state index in [1.807, 2.05) is 0 Å². The number of hydrogen-bond donors (Lipinski definition) is 1. The number of hydrogen-bond acceptors (Lipinski definition) is 2. The summed E-state index contributed by atoms with van der Waals surface area (Å²) in [5.41, 5.74) is 2.80. The van der Waals surface area contributed by atoms with E-state index in [-0.39, 0.29) is 0 Å². The maximum atomic E-state index is 3.64. The molecule has 1 aliphatic rings. The van der Waals surface area contributed by atoms with Gasteiger partial charge in [-0.05, 0) is 69.7 Å². The van der Waals surface area contributed by atoms with Crippen molar-refractivity contribution >= 4 is 5.69 Å². The first-order valence-electron chi connectivity index (χ1n) is 8.75. The van der Waals surface area contributed by atoms with Crippen LogP contribution in [0.1, 0.15) is 65.0 Å². The second-order valence-electron chi connectivity index (χ2n) is 6.70. The number of benzene rings is 1. The molecule has 1 saturated carbocycles. The zero-order chi connectivity index (χ0) is 15.2. The van der Waals surface area contributed by atoms with E-state index in [0.29, 0.717) is 12.1 Å². The van der Waals surface area contributed by atoms with Crippen molar-refractivity contribution in [3.05, 3.63) is 29.8 Å². The Morgan fingerprint density at radius 1 is 1.14 bits per heavy atom. The first-order valence-corrected chi connectivity index (χ1v) is 8.75. The lowest BCUT2D eigenvalue weighted by Gasteiger charge is -2.29. The predicted molar refractivity (Wildman–Crippen MR) is 93.0 cm³/mol. The van der Waals surface area contributed by atoms with Crippen molar-refractivity contribution in [2.45, 2.75) is 65.5 Å². The topological polar surface area (TPSA) is 15.3 Å². The highest BCUT2D eigenvalue weighted by atomic mass is 15.2. The number of rotatable bonds is 9. The van der Waals surface area contributed by atoms with E-state index < -0.39 is 0 Å². The highest BCUT2D eigenvalue weighted by molar-refractivity contribution is 5.49. The normalized spacial score (nSPS) is 16.2. The molecule has 0 heterocycles. The molecule has 0 aliphatic heterocycles. The van der Waals surface area contributed by atoms with Crippen molar-refractivity contribution < 1.29 is 0 Å². The van der Waals surface area contributed by atoms with E-state index in [4.69, 9.17) is 0 Å². The van der Waals surface area contributed by atoms with Gasteiger partial charge in [-0.15, -0.1) is 0 Å². The van der Waals surface area contributed by atoms with Gasteiger partial charge in [0.2, 0.25) is 0 Å². The molecular weight excluding hydrogens is 256 g/mol. The van der Waals surface area contributed by atoms with Crippen LogP contribution in [0.4, 0.5) is 5.69 Å². The number of nitrogens with zero attached hydrogens (tertiary/aromatic N) is 1. The van der Waals surface area contributed by atoms with Gasteiger partial charge in [-0.1, -0.05) is 26.0 Å². The fraction of sp³-hybridized carbons (Fsp3) is 0.684. The molecule has 21 heavy (non-hydrogen) atoms. The minimum Gasteiger partial charge on any atom is -0.369 e. The summed E-state index contributed by atoms with van der Waals surface area (Å²) in [5.74, 6) is 0.932. The van der Waals surface area contributed by atoms with Crippen LogP contribution in [0, 0.1) is 5.92 Å². The molecule has 0 radical (unpaired) electrons. The third-order valence-electron chi connectivity index (χ3n) is 4.45. The van der Waals surface area contributed by atoms with E-state index in [2.05, 4.69) is 62.2 Å². The van der Waals surface area contributed by atoms with Gasteiger partial charge >= 0.3 is 0 Å². The minimum atomic E-state index is 0.495. The van der Waals surface area contributed by atoms with Gasteiger partial charge in [-0.2, -0.15) is 0 Å². The molecule has 1 fully saturated rings. The summed E-state index contributed by atoms with van der Waals surface area (Å²) in [7, 11) is 0. The lowest BCUT2D eigenvalue weighted by molar-refractivity contribution is 0.518. The summed E-state index contributed by atoms with van der Waals surface area (Å²) in [6, 6.07) is 10.3. The zero-order valence-corrected chi connectivity index (χ0v) is 14.2. The second-order valence-corrected chi connectivity index (χ2v) is 6.70. The summed E-state index contributed by atoms with van der Waals surface area (Å²) in [5, 5.41) is 3.64. The van der Waals surface area contributed by atoms with E-state index in [0.717, 1.165) is 18.9 Å². The van der Waals surface area contributed by atoms with Gasteiger partial charge in [-0.3, -0.25) is 0 Å². The Kier molecular flexibility index (Phi) is 6.10. The molecule has 0 saturated heterocycles. The van der Waals surface area contributed by atoms with Crippen molar-refractivity contribution in [1.82, 2.24) is 5.32 Å². The lowest BCUT2D eigenvalue weighted by atomic mass is 10.0. The monoisotopic (exact) mass is 288 g/mol. The molecule has 0 spiro atoms. The van der Waals surface area contributed by atoms with E-state index in [1.54, 1.807) is 0 Å². The molecule has 1 aromatic rings. The van der Waals surface area contributed by atoms with Gasteiger partial charge in [0.15, 0.2) is 0 Å². The molecular formula is C19H32N2. The Hall–Kier alpha value is -1.02. The van der Waals surface area contributed by atoms with Crippen molar-refractivity contribution in [3.8, 4) is 0 Å². The maximum Gasteiger partial charge on any atom is 0.0368 e. The predicted octanol–water partition coefficient (Wildman–Crippen LogP) is 4.76. The smallest absolute Gasteiger partial charge is 0.0368 e. The first kappa shape index (κ1) is 16.4. The van der Waals surface area contributed by atoms with Crippen LogP contribution in [0.15, 0.2) is 24.3 Å². The molecule has 2 rings (SSSR count). The largest absolute Gasteiger partial charge is 0.369 e. The maximum absolute atomic E-state index is 3.64. The Balaban J connectivity index is 2.04. The zero-order valence-electron chi connectivity index (χ0n) is 14.2. The average Bonchev–Trinajstić information content (AvgIpc) is 3.30. The van der Waals surface area contributed by atoms with Crippen LogP contribution >= 0.6 is 0 Å². The number of anilines is 1. The molecule has 2 nitrogen and oxygen atoms in total. The van der Waals surface area contributed by atoms with Crippen molar-refractivity contribution in [2.75, 3.05) is 18.0 Å². The molecule has 0 amide bonds. The Morgan fingerprint density at radius 2 is 1.81 bits per heavy atom. The van der Waals surface area contributed by atoms with Crippen molar-refractivity contribution in [1.29, 1.82) is 0 Å². The van der Waals surface area contributed by atoms with Crippen LogP contribution in [0.25, 0.3) is 0 Å². The molecule has 0 bridgehead atoms. The lowest BCUT2D eigenvalue weighted by Crippen LogP contribution is -2.32. The summed E-state index contributed by atoms with van der Waals surface area (Å²) < 4.78 is 0. The van der Waals surface area contributed by atoms with Crippen LogP contribution in [-0.4, -0.2) is 19.1 Å². The van der Waals surface area contributed by atoms with E-state index in [1.165, 1.54) is 37.1 Å². The SMILES string of the molecule is CCCNC(CC)c1ccc(N(CC2CC2)C(C)C)cc1.